The van der Waals surface area contributed by atoms with Crippen LogP contribution in [-0.4, -0.2) is 48.4 Å². The Balaban J connectivity index is 3.89. The van der Waals surface area contributed by atoms with Crippen LogP contribution < -0.4 is 5.32 Å². The van der Waals surface area contributed by atoms with Crippen LogP contribution >= 0.6 is 0 Å². The third kappa shape index (κ3) is 14.6. The highest BCUT2D eigenvalue weighted by molar-refractivity contribution is 5.19. The molecule has 0 aliphatic heterocycles. The minimum Gasteiger partial charge on any atom is -0.511 e. The van der Waals surface area contributed by atoms with Crippen molar-refractivity contribution in [1.82, 2.24) is 10.2 Å². The van der Waals surface area contributed by atoms with Crippen molar-refractivity contribution in [3.05, 3.63) is 23.6 Å². The molecule has 0 aliphatic carbocycles. The molecule has 0 aliphatic rings. The molecular weight excluding hydrogens is 384 g/mol. The van der Waals surface area contributed by atoms with Gasteiger partial charge in [-0.2, -0.15) is 0 Å². The minimum atomic E-state index is -0.0193. The summed E-state index contributed by atoms with van der Waals surface area (Å²) in [5.41, 5.74) is 1.07. The van der Waals surface area contributed by atoms with Crippen molar-refractivity contribution in [2.45, 2.75) is 112 Å². The van der Waals surface area contributed by atoms with Crippen molar-refractivity contribution in [1.29, 1.82) is 0 Å². The average molecular weight is 439 g/mol. The third-order valence-electron chi connectivity index (χ3n) is 6.44. The van der Waals surface area contributed by atoms with Gasteiger partial charge in [0.15, 0.2) is 0 Å². The van der Waals surface area contributed by atoms with Crippen molar-refractivity contribution in [2.75, 3.05) is 32.8 Å². The summed E-state index contributed by atoms with van der Waals surface area (Å²) in [6.07, 6.45) is 15.2. The van der Waals surface area contributed by atoms with Gasteiger partial charge in [-0.05, 0) is 72.4 Å². The SMILES string of the molecule is C/C=C(\C=C(\O)CNCCCCCCC(C)C(C)(C)OCCCCCC)N(CC)CC. The second-order valence-electron chi connectivity index (χ2n) is 9.31. The molecule has 0 rings (SSSR count). The molecule has 1 atom stereocenters. The Morgan fingerprint density at radius 3 is 2.26 bits per heavy atom. The Labute approximate surface area is 194 Å². The summed E-state index contributed by atoms with van der Waals surface area (Å²) in [5, 5.41) is 13.6. The number of rotatable bonds is 20. The lowest BCUT2D eigenvalue weighted by Crippen LogP contribution is -2.33. The molecule has 0 aromatic rings. The highest BCUT2D eigenvalue weighted by atomic mass is 16.5. The summed E-state index contributed by atoms with van der Waals surface area (Å²) in [6, 6.07) is 0. The van der Waals surface area contributed by atoms with Gasteiger partial charge in [0.05, 0.1) is 12.1 Å². The van der Waals surface area contributed by atoms with E-state index in [0.717, 1.165) is 38.4 Å². The Morgan fingerprint density at radius 1 is 1.00 bits per heavy atom. The molecule has 1 unspecified atom stereocenters. The normalized spacial score (nSPS) is 14.2. The Morgan fingerprint density at radius 2 is 1.65 bits per heavy atom. The molecule has 0 heterocycles. The second-order valence-corrected chi connectivity index (χ2v) is 9.31. The molecule has 0 fully saturated rings. The lowest BCUT2D eigenvalue weighted by Gasteiger charge is -2.32. The standard InChI is InChI=1S/C27H54N2O2/c1-8-12-13-18-21-31-27(6,7)24(5)19-16-14-15-17-20-28-23-26(30)22-25(9-2)29(10-3)11-4/h9,22,24,28,30H,8,10-21,23H2,1-7H3/b25-9+,26-22+. The molecule has 0 bridgehead atoms. The fourth-order valence-electron chi connectivity index (χ4n) is 3.79. The molecule has 31 heavy (non-hydrogen) atoms. The molecule has 0 aromatic carbocycles. The molecule has 4 heteroatoms. The van der Waals surface area contributed by atoms with Crippen LogP contribution in [0.3, 0.4) is 0 Å². The monoisotopic (exact) mass is 438 g/mol. The summed E-state index contributed by atoms with van der Waals surface area (Å²) in [4.78, 5) is 2.25. The van der Waals surface area contributed by atoms with Crippen LogP contribution in [-0.2, 0) is 4.74 Å². The van der Waals surface area contributed by atoms with Crippen molar-refractivity contribution in [2.24, 2.45) is 5.92 Å². The number of aliphatic hydroxyl groups is 1. The molecule has 0 spiro atoms. The predicted octanol–water partition coefficient (Wildman–Crippen LogP) is 7.23. The van der Waals surface area contributed by atoms with Crippen LogP contribution in [0.1, 0.15) is 106 Å². The number of hydrogen-bond acceptors (Lipinski definition) is 4. The Bertz CT molecular complexity index is 482. The van der Waals surface area contributed by atoms with Crippen molar-refractivity contribution < 1.29 is 9.84 Å². The van der Waals surface area contributed by atoms with Gasteiger partial charge in [-0.25, -0.2) is 0 Å². The topological polar surface area (TPSA) is 44.7 Å². The van der Waals surface area contributed by atoms with Crippen molar-refractivity contribution >= 4 is 0 Å². The van der Waals surface area contributed by atoms with Crippen molar-refractivity contribution in [3.63, 3.8) is 0 Å². The maximum Gasteiger partial charge on any atom is 0.108 e. The zero-order valence-electron chi connectivity index (χ0n) is 21.9. The van der Waals surface area contributed by atoms with Crippen LogP contribution in [0.15, 0.2) is 23.6 Å². The Kier molecular flexibility index (Phi) is 18.0. The number of allylic oxidation sites excluding steroid dienone is 2. The van der Waals surface area contributed by atoms with Gasteiger partial charge >= 0.3 is 0 Å². The highest BCUT2D eigenvalue weighted by Crippen LogP contribution is 2.26. The van der Waals surface area contributed by atoms with E-state index < -0.39 is 0 Å². The van der Waals surface area contributed by atoms with Gasteiger partial charge in [0.1, 0.15) is 5.76 Å². The maximum atomic E-state index is 10.2. The van der Waals surface area contributed by atoms with Gasteiger partial charge in [0.25, 0.3) is 0 Å². The lowest BCUT2D eigenvalue weighted by molar-refractivity contribution is -0.0591. The number of hydrogen-bond donors (Lipinski definition) is 2. The number of aliphatic hydroxyl groups excluding tert-OH is 1. The summed E-state index contributed by atoms with van der Waals surface area (Å²) in [5.74, 6) is 0.997. The van der Waals surface area contributed by atoms with Crippen LogP contribution in [0.25, 0.3) is 0 Å². The van der Waals surface area contributed by atoms with Crippen LogP contribution in [0.5, 0.6) is 0 Å². The van der Waals surface area contributed by atoms with Crippen molar-refractivity contribution in [3.8, 4) is 0 Å². The molecule has 0 saturated heterocycles. The second kappa shape index (κ2) is 18.6. The minimum absolute atomic E-state index is 0.0193. The first-order chi connectivity index (χ1) is 14.8. The first kappa shape index (κ1) is 30.0. The van der Waals surface area contributed by atoms with E-state index in [1.807, 2.05) is 13.0 Å². The van der Waals surface area contributed by atoms with E-state index in [9.17, 15) is 5.11 Å². The molecule has 0 amide bonds. The van der Waals surface area contributed by atoms with E-state index >= 15 is 0 Å². The predicted molar refractivity (Wildman–Crippen MR) is 137 cm³/mol. The quantitative estimate of drug-likeness (QED) is 0.120. The van der Waals surface area contributed by atoms with Gasteiger partial charge in [0, 0.05) is 25.4 Å². The van der Waals surface area contributed by atoms with Crippen LogP contribution in [0.4, 0.5) is 0 Å². The lowest BCUT2D eigenvalue weighted by atomic mass is 9.87. The summed E-state index contributed by atoms with van der Waals surface area (Å²) in [6.45, 7) is 19.7. The molecular formula is C27H54N2O2. The zero-order valence-corrected chi connectivity index (χ0v) is 21.9. The van der Waals surface area contributed by atoms with Crippen LogP contribution in [0.2, 0.25) is 0 Å². The van der Waals surface area contributed by atoms with Gasteiger partial charge in [-0.15, -0.1) is 0 Å². The van der Waals surface area contributed by atoms with E-state index in [1.165, 1.54) is 51.4 Å². The van der Waals surface area contributed by atoms with E-state index in [1.54, 1.807) is 0 Å². The van der Waals surface area contributed by atoms with Crippen LogP contribution in [0, 0.1) is 5.92 Å². The first-order valence-corrected chi connectivity index (χ1v) is 13.0. The van der Waals surface area contributed by atoms with E-state index in [-0.39, 0.29) is 5.60 Å². The smallest absolute Gasteiger partial charge is 0.108 e. The first-order valence-electron chi connectivity index (χ1n) is 13.0. The van der Waals surface area contributed by atoms with Gasteiger partial charge < -0.3 is 20.1 Å². The Hall–Kier alpha value is -1.00. The molecule has 184 valence electrons. The highest BCUT2D eigenvalue weighted by Gasteiger charge is 2.25. The number of likely N-dealkylation sites (N-methyl/N-ethyl adjacent to an activating group) is 1. The summed E-state index contributed by atoms with van der Waals surface area (Å²) in [7, 11) is 0. The maximum absolute atomic E-state index is 10.2. The zero-order chi connectivity index (χ0) is 23.5. The summed E-state index contributed by atoms with van der Waals surface area (Å²) < 4.78 is 6.19. The van der Waals surface area contributed by atoms with Gasteiger partial charge in [-0.1, -0.05) is 58.4 Å². The molecule has 2 N–H and O–H groups in total. The fraction of sp³-hybridized carbons (Fsp3) is 0.852. The van der Waals surface area contributed by atoms with Gasteiger partial charge in [-0.3, -0.25) is 0 Å². The van der Waals surface area contributed by atoms with E-state index in [2.05, 4.69) is 57.8 Å². The molecule has 0 radical (unpaired) electrons. The molecule has 0 aromatic heterocycles. The van der Waals surface area contributed by atoms with E-state index in [0.29, 0.717) is 18.2 Å². The number of nitrogens with zero attached hydrogens (tertiary/aromatic N) is 1. The average Bonchev–Trinajstić information content (AvgIpc) is 2.75. The third-order valence-corrected chi connectivity index (χ3v) is 6.44. The number of unbranched alkanes of at least 4 members (excludes halogenated alkanes) is 6. The molecule has 4 nitrogen and oxygen atoms in total. The fourth-order valence-corrected chi connectivity index (χ4v) is 3.79. The number of nitrogens with one attached hydrogen (secondary N) is 1. The van der Waals surface area contributed by atoms with Gasteiger partial charge in [0.2, 0.25) is 0 Å². The largest absolute Gasteiger partial charge is 0.511 e. The molecule has 0 saturated carbocycles. The number of ether oxygens (including phenoxy) is 1. The van der Waals surface area contributed by atoms with E-state index in [4.69, 9.17) is 4.74 Å². The summed E-state index contributed by atoms with van der Waals surface area (Å²) >= 11 is 0.